The summed E-state index contributed by atoms with van der Waals surface area (Å²) >= 11 is 6.10. The van der Waals surface area contributed by atoms with Gasteiger partial charge in [-0.25, -0.2) is 4.39 Å². The quantitative estimate of drug-likeness (QED) is 0.882. The lowest BCUT2D eigenvalue weighted by atomic mass is 10.1. The molecule has 3 nitrogen and oxygen atoms in total. The Morgan fingerprint density at radius 1 is 1.22 bits per heavy atom. The summed E-state index contributed by atoms with van der Waals surface area (Å²) in [6.45, 7) is 5.52. The summed E-state index contributed by atoms with van der Waals surface area (Å²) in [5.74, 6) is 0.0603. The summed E-state index contributed by atoms with van der Waals surface area (Å²) in [5.41, 5.74) is 2.64. The second-order valence-electron chi connectivity index (χ2n) is 5.50. The zero-order valence-corrected chi connectivity index (χ0v) is 14.1. The van der Waals surface area contributed by atoms with Crippen molar-refractivity contribution in [2.45, 2.75) is 26.8 Å². The van der Waals surface area contributed by atoms with E-state index < -0.39 is 0 Å². The number of aryl methyl sites for hydroxylation is 2. The van der Waals surface area contributed by atoms with E-state index in [0.29, 0.717) is 10.8 Å². The van der Waals surface area contributed by atoms with E-state index in [1.54, 1.807) is 24.3 Å². The van der Waals surface area contributed by atoms with Gasteiger partial charge in [-0.3, -0.25) is 4.79 Å². The van der Waals surface area contributed by atoms with Gasteiger partial charge in [0, 0.05) is 5.02 Å². The molecule has 0 spiro atoms. The number of rotatable bonds is 5. The first-order chi connectivity index (χ1) is 10.9. The van der Waals surface area contributed by atoms with Crippen molar-refractivity contribution in [1.29, 1.82) is 0 Å². The molecule has 5 heteroatoms. The summed E-state index contributed by atoms with van der Waals surface area (Å²) in [6, 6.07) is 9.40. The molecule has 0 fully saturated rings. The van der Waals surface area contributed by atoms with Gasteiger partial charge in [0.2, 0.25) is 0 Å². The van der Waals surface area contributed by atoms with Crippen molar-refractivity contribution >= 4 is 17.5 Å². The molecular weight excluding hydrogens is 317 g/mol. The Morgan fingerprint density at radius 3 is 2.35 bits per heavy atom. The molecule has 0 bridgehead atoms. The largest absolute Gasteiger partial charge is 0.484 e. The Bertz CT molecular complexity index is 678. The SMILES string of the molecule is Cc1cc(OCC(=O)N[C@H](C)c2ccc(F)cc2)cc(C)c1Cl. The summed E-state index contributed by atoms with van der Waals surface area (Å²) in [4.78, 5) is 12.0. The van der Waals surface area contributed by atoms with E-state index in [4.69, 9.17) is 16.3 Å². The van der Waals surface area contributed by atoms with E-state index in [1.165, 1.54) is 12.1 Å². The molecule has 23 heavy (non-hydrogen) atoms. The van der Waals surface area contributed by atoms with Crippen LogP contribution >= 0.6 is 11.6 Å². The number of nitrogens with one attached hydrogen (secondary N) is 1. The van der Waals surface area contributed by atoms with E-state index in [2.05, 4.69) is 5.32 Å². The second kappa shape index (κ2) is 7.47. The minimum absolute atomic E-state index is 0.0912. The Labute approximate surface area is 140 Å². The fraction of sp³-hybridized carbons (Fsp3) is 0.278. The highest BCUT2D eigenvalue weighted by molar-refractivity contribution is 6.32. The zero-order chi connectivity index (χ0) is 17.0. The van der Waals surface area contributed by atoms with Crippen LogP contribution in [0.25, 0.3) is 0 Å². The van der Waals surface area contributed by atoms with Gasteiger partial charge < -0.3 is 10.1 Å². The summed E-state index contributed by atoms with van der Waals surface area (Å²) < 4.78 is 18.4. The molecule has 2 rings (SSSR count). The third-order valence-electron chi connectivity index (χ3n) is 3.53. The second-order valence-corrected chi connectivity index (χ2v) is 5.88. The first-order valence-corrected chi connectivity index (χ1v) is 7.69. The normalized spacial score (nSPS) is 11.9. The van der Waals surface area contributed by atoms with E-state index >= 15 is 0 Å². The van der Waals surface area contributed by atoms with Gasteiger partial charge in [-0.2, -0.15) is 0 Å². The number of ether oxygens (including phenoxy) is 1. The van der Waals surface area contributed by atoms with E-state index in [1.807, 2.05) is 20.8 Å². The summed E-state index contributed by atoms with van der Waals surface area (Å²) in [6.07, 6.45) is 0. The third-order valence-corrected chi connectivity index (χ3v) is 4.12. The van der Waals surface area contributed by atoms with E-state index in [-0.39, 0.29) is 24.4 Å². The summed E-state index contributed by atoms with van der Waals surface area (Å²) in [5, 5.41) is 3.51. The van der Waals surface area contributed by atoms with Gasteiger partial charge in [-0.15, -0.1) is 0 Å². The van der Waals surface area contributed by atoms with Crippen molar-refractivity contribution < 1.29 is 13.9 Å². The maximum absolute atomic E-state index is 12.9. The van der Waals surface area contributed by atoms with Crippen LogP contribution in [0.15, 0.2) is 36.4 Å². The molecule has 0 aliphatic rings. The van der Waals surface area contributed by atoms with Crippen molar-refractivity contribution in [2.75, 3.05) is 6.61 Å². The predicted octanol–water partition coefficient (Wildman–Crippen LogP) is 4.35. The monoisotopic (exact) mass is 335 g/mol. The number of halogens is 2. The molecule has 0 unspecified atom stereocenters. The van der Waals surface area contributed by atoms with Crippen LogP contribution in [0.4, 0.5) is 4.39 Å². The minimum Gasteiger partial charge on any atom is -0.484 e. The Balaban J connectivity index is 1.91. The number of hydrogen-bond acceptors (Lipinski definition) is 2. The van der Waals surface area contributed by atoms with Crippen LogP contribution < -0.4 is 10.1 Å². The minimum atomic E-state index is -0.302. The lowest BCUT2D eigenvalue weighted by Gasteiger charge is -2.15. The van der Waals surface area contributed by atoms with Gasteiger partial charge in [0.1, 0.15) is 11.6 Å². The molecule has 0 aliphatic carbocycles. The zero-order valence-electron chi connectivity index (χ0n) is 13.3. The molecule has 0 heterocycles. The van der Waals surface area contributed by atoms with Gasteiger partial charge >= 0.3 is 0 Å². The molecule has 1 amide bonds. The number of carbonyl (C=O) groups excluding carboxylic acids is 1. The molecule has 0 saturated heterocycles. The van der Waals surface area contributed by atoms with Gasteiger partial charge in [-0.05, 0) is 61.7 Å². The van der Waals surface area contributed by atoms with E-state index in [9.17, 15) is 9.18 Å². The maximum Gasteiger partial charge on any atom is 0.258 e. The van der Waals surface area contributed by atoms with Crippen LogP contribution in [0, 0.1) is 19.7 Å². The van der Waals surface area contributed by atoms with Gasteiger partial charge in [-0.1, -0.05) is 23.7 Å². The first kappa shape index (κ1) is 17.3. The number of benzene rings is 2. The number of carbonyl (C=O) groups is 1. The van der Waals surface area contributed by atoms with Gasteiger partial charge in [0.25, 0.3) is 5.91 Å². The average molecular weight is 336 g/mol. The van der Waals surface area contributed by atoms with Crippen LogP contribution in [0.2, 0.25) is 5.02 Å². The van der Waals surface area contributed by atoms with Gasteiger partial charge in [0.05, 0.1) is 6.04 Å². The lowest BCUT2D eigenvalue weighted by Crippen LogP contribution is -2.31. The van der Waals surface area contributed by atoms with E-state index in [0.717, 1.165) is 16.7 Å². The third kappa shape index (κ3) is 4.70. The Hall–Kier alpha value is -2.07. The fourth-order valence-electron chi connectivity index (χ4n) is 2.26. The van der Waals surface area contributed by atoms with Gasteiger partial charge in [0.15, 0.2) is 6.61 Å². The standard InChI is InChI=1S/C18H19ClFNO2/c1-11-8-16(9-12(2)18(11)19)23-10-17(22)21-13(3)14-4-6-15(20)7-5-14/h4-9,13H,10H2,1-3H3,(H,21,22)/t13-/m1/s1. The smallest absolute Gasteiger partial charge is 0.258 e. The van der Waals surface area contributed by atoms with Crippen LogP contribution in [0.5, 0.6) is 5.75 Å². The highest BCUT2D eigenvalue weighted by Gasteiger charge is 2.11. The van der Waals surface area contributed by atoms with Crippen molar-refractivity contribution in [3.63, 3.8) is 0 Å². The topological polar surface area (TPSA) is 38.3 Å². The van der Waals surface area contributed by atoms with Crippen LogP contribution in [-0.4, -0.2) is 12.5 Å². The highest BCUT2D eigenvalue weighted by atomic mass is 35.5. The molecule has 1 N–H and O–H groups in total. The van der Waals surface area contributed by atoms with Crippen molar-refractivity contribution in [2.24, 2.45) is 0 Å². The molecule has 0 aromatic heterocycles. The number of amides is 1. The molecule has 2 aromatic carbocycles. The number of hydrogen-bond donors (Lipinski definition) is 1. The molecule has 1 atom stereocenters. The molecule has 0 aliphatic heterocycles. The fourth-order valence-corrected chi connectivity index (χ4v) is 2.37. The highest BCUT2D eigenvalue weighted by Crippen LogP contribution is 2.25. The summed E-state index contributed by atoms with van der Waals surface area (Å²) in [7, 11) is 0. The maximum atomic E-state index is 12.9. The van der Waals surface area contributed by atoms with Crippen LogP contribution in [0.3, 0.4) is 0 Å². The molecule has 122 valence electrons. The lowest BCUT2D eigenvalue weighted by molar-refractivity contribution is -0.123. The first-order valence-electron chi connectivity index (χ1n) is 7.31. The molecule has 0 radical (unpaired) electrons. The van der Waals surface area contributed by atoms with Crippen molar-refractivity contribution in [3.8, 4) is 5.75 Å². The van der Waals surface area contributed by atoms with Crippen LogP contribution in [0.1, 0.15) is 29.7 Å². The van der Waals surface area contributed by atoms with Crippen molar-refractivity contribution in [1.82, 2.24) is 5.32 Å². The Kier molecular flexibility index (Phi) is 5.61. The predicted molar refractivity (Wildman–Crippen MR) is 89.4 cm³/mol. The average Bonchev–Trinajstić information content (AvgIpc) is 2.51. The van der Waals surface area contributed by atoms with Crippen molar-refractivity contribution in [3.05, 3.63) is 63.9 Å². The van der Waals surface area contributed by atoms with Crippen LogP contribution in [-0.2, 0) is 4.79 Å². The molecule has 2 aromatic rings. The molecular formula is C18H19ClFNO2. The Morgan fingerprint density at radius 2 is 1.78 bits per heavy atom. The molecule has 0 saturated carbocycles.